The molecule has 0 heterocycles. The molecule has 0 aromatic rings. The molecular formula is C20H34. The topological polar surface area (TPSA) is 0 Å². The molecule has 1 unspecified atom stereocenters. The van der Waals surface area contributed by atoms with Crippen molar-refractivity contribution < 1.29 is 0 Å². The first-order valence-electron chi connectivity index (χ1n) is 9.31. The van der Waals surface area contributed by atoms with Gasteiger partial charge in [0, 0.05) is 0 Å². The molecule has 4 rings (SSSR count). The van der Waals surface area contributed by atoms with Gasteiger partial charge in [-0.2, -0.15) is 0 Å². The second-order valence-electron chi connectivity index (χ2n) is 10.1. The highest BCUT2D eigenvalue weighted by atomic mass is 14.7. The van der Waals surface area contributed by atoms with Crippen molar-refractivity contribution in [3.8, 4) is 0 Å². The summed E-state index contributed by atoms with van der Waals surface area (Å²) in [5.74, 6) is 5.09. The molecule has 0 nitrogen and oxygen atoms in total. The third kappa shape index (κ3) is 1.40. The molecule has 7 atom stereocenters. The summed E-state index contributed by atoms with van der Waals surface area (Å²) in [6, 6.07) is 0. The predicted molar refractivity (Wildman–Crippen MR) is 85.4 cm³/mol. The Bertz CT molecular complexity index is 418. The van der Waals surface area contributed by atoms with Crippen LogP contribution in [-0.4, -0.2) is 0 Å². The van der Waals surface area contributed by atoms with E-state index in [0.29, 0.717) is 10.8 Å². The van der Waals surface area contributed by atoms with Gasteiger partial charge < -0.3 is 0 Å². The summed E-state index contributed by atoms with van der Waals surface area (Å²) in [6.07, 6.45) is 10.7. The lowest BCUT2D eigenvalue weighted by molar-refractivity contribution is -0.0193. The number of rotatable bonds is 0. The molecule has 0 aromatic carbocycles. The van der Waals surface area contributed by atoms with Crippen molar-refractivity contribution in [2.45, 2.75) is 79.6 Å². The van der Waals surface area contributed by atoms with E-state index in [2.05, 4.69) is 34.6 Å². The van der Waals surface area contributed by atoms with Crippen LogP contribution in [0, 0.1) is 45.8 Å². The van der Waals surface area contributed by atoms with E-state index >= 15 is 0 Å². The molecule has 0 aromatic heterocycles. The van der Waals surface area contributed by atoms with Gasteiger partial charge in [-0.05, 0) is 84.4 Å². The first-order chi connectivity index (χ1) is 9.31. The standard InChI is InChI=1S/C20H34/c1-13-11-20-12-15(13)7-8-16(20)19(5)10-6-9-18(3,4)17(19)14(20)2/h13-17H,6-12H2,1-5H3/t13-,14-,15+,16?,17+,19-,20+/m0/s1. The molecule has 1 spiro atoms. The summed E-state index contributed by atoms with van der Waals surface area (Å²) < 4.78 is 0. The summed E-state index contributed by atoms with van der Waals surface area (Å²) in [7, 11) is 0. The zero-order valence-corrected chi connectivity index (χ0v) is 14.3. The van der Waals surface area contributed by atoms with Crippen LogP contribution in [0.2, 0.25) is 0 Å². The number of hydrogen-bond donors (Lipinski definition) is 0. The van der Waals surface area contributed by atoms with Crippen molar-refractivity contribution >= 4 is 0 Å². The lowest BCUT2D eigenvalue weighted by atomic mass is 9.54. The van der Waals surface area contributed by atoms with Crippen molar-refractivity contribution in [3.05, 3.63) is 0 Å². The fourth-order valence-electron chi connectivity index (χ4n) is 8.65. The first-order valence-corrected chi connectivity index (χ1v) is 9.31. The molecule has 4 aliphatic carbocycles. The van der Waals surface area contributed by atoms with Crippen molar-refractivity contribution in [3.63, 3.8) is 0 Å². The summed E-state index contributed by atoms with van der Waals surface area (Å²) in [5, 5.41) is 0. The molecule has 114 valence electrons. The Morgan fingerprint density at radius 3 is 2.40 bits per heavy atom. The van der Waals surface area contributed by atoms with E-state index in [-0.39, 0.29) is 0 Å². The smallest absolute Gasteiger partial charge is 0.0230 e. The maximum atomic E-state index is 2.71. The van der Waals surface area contributed by atoms with Crippen molar-refractivity contribution in [2.75, 3.05) is 0 Å². The highest BCUT2D eigenvalue weighted by molar-refractivity contribution is 5.18. The van der Waals surface area contributed by atoms with E-state index in [9.17, 15) is 0 Å². The fraction of sp³-hybridized carbons (Fsp3) is 1.00. The third-order valence-electron chi connectivity index (χ3n) is 8.96. The Labute approximate surface area is 126 Å². The molecular weight excluding hydrogens is 240 g/mol. The molecule has 0 aliphatic heterocycles. The van der Waals surface area contributed by atoms with Gasteiger partial charge in [0.2, 0.25) is 0 Å². The van der Waals surface area contributed by atoms with Gasteiger partial charge in [0.25, 0.3) is 0 Å². The van der Waals surface area contributed by atoms with Gasteiger partial charge in [0.15, 0.2) is 0 Å². The zero-order chi connectivity index (χ0) is 14.3. The third-order valence-corrected chi connectivity index (χ3v) is 8.96. The molecule has 0 saturated heterocycles. The minimum Gasteiger partial charge on any atom is -0.0622 e. The summed E-state index contributed by atoms with van der Waals surface area (Å²) in [5.41, 5.74) is 1.99. The van der Waals surface area contributed by atoms with Crippen LogP contribution >= 0.6 is 0 Å². The van der Waals surface area contributed by atoms with Gasteiger partial charge in [0.05, 0.1) is 0 Å². The Hall–Kier alpha value is 0. The lowest BCUT2D eigenvalue weighted by Gasteiger charge is -2.51. The van der Waals surface area contributed by atoms with Crippen LogP contribution < -0.4 is 0 Å². The molecule has 0 N–H and O–H groups in total. The van der Waals surface area contributed by atoms with Gasteiger partial charge in [-0.1, -0.05) is 41.0 Å². The van der Waals surface area contributed by atoms with Crippen LogP contribution in [0.3, 0.4) is 0 Å². The van der Waals surface area contributed by atoms with E-state index in [4.69, 9.17) is 0 Å². The van der Waals surface area contributed by atoms with Crippen molar-refractivity contribution in [1.82, 2.24) is 0 Å². The second kappa shape index (κ2) is 3.85. The molecule has 4 saturated carbocycles. The molecule has 0 radical (unpaired) electrons. The minimum atomic E-state index is 0.583. The average Bonchev–Trinajstić information content (AvgIpc) is 2.71. The van der Waals surface area contributed by atoms with Crippen molar-refractivity contribution in [1.29, 1.82) is 0 Å². The van der Waals surface area contributed by atoms with Crippen LogP contribution in [0.4, 0.5) is 0 Å². The second-order valence-corrected chi connectivity index (χ2v) is 10.1. The maximum absolute atomic E-state index is 2.71. The van der Waals surface area contributed by atoms with Gasteiger partial charge in [-0.15, -0.1) is 0 Å². The van der Waals surface area contributed by atoms with Crippen LogP contribution in [-0.2, 0) is 0 Å². The van der Waals surface area contributed by atoms with E-state index in [1.807, 2.05) is 0 Å². The molecule has 0 heteroatoms. The quantitative estimate of drug-likeness (QED) is 0.515. The Kier molecular flexibility index (Phi) is 2.63. The zero-order valence-electron chi connectivity index (χ0n) is 14.3. The lowest BCUT2D eigenvalue weighted by Crippen LogP contribution is -2.43. The van der Waals surface area contributed by atoms with Gasteiger partial charge in [-0.25, -0.2) is 0 Å². The monoisotopic (exact) mass is 274 g/mol. The van der Waals surface area contributed by atoms with Gasteiger partial charge in [-0.3, -0.25) is 0 Å². The van der Waals surface area contributed by atoms with E-state index < -0.39 is 0 Å². The predicted octanol–water partition coefficient (Wildman–Crippen LogP) is 5.91. The number of fused-ring (bicyclic) bond motifs is 3. The normalized spacial score (nSPS) is 60.1. The summed E-state index contributed by atoms with van der Waals surface area (Å²) in [4.78, 5) is 0. The molecule has 2 bridgehead atoms. The van der Waals surface area contributed by atoms with E-state index in [1.54, 1.807) is 25.7 Å². The van der Waals surface area contributed by atoms with Crippen molar-refractivity contribution in [2.24, 2.45) is 45.8 Å². The Balaban J connectivity index is 1.83. The van der Waals surface area contributed by atoms with Gasteiger partial charge >= 0.3 is 0 Å². The molecule has 20 heavy (non-hydrogen) atoms. The Morgan fingerprint density at radius 1 is 0.900 bits per heavy atom. The molecule has 4 aliphatic rings. The fourth-order valence-corrected chi connectivity index (χ4v) is 8.65. The summed E-state index contributed by atoms with van der Waals surface area (Å²) in [6.45, 7) is 13.1. The number of hydrogen-bond acceptors (Lipinski definition) is 0. The van der Waals surface area contributed by atoms with E-state index in [1.165, 1.54) is 19.3 Å². The highest BCUT2D eigenvalue weighted by Crippen LogP contribution is 2.77. The maximum Gasteiger partial charge on any atom is -0.0230 e. The minimum absolute atomic E-state index is 0.583. The highest BCUT2D eigenvalue weighted by Gasteiger charge is 2.70. The van der Waals surface area contributed by atoms with Crippen LogP contribution in [0.1, 0.15) is 79.6 Å². The van der Waals surface area contributed by atoms with Crippen LogP contribution in [0.25, 0.3) is 0 Å². The molecule has 4 fully saturated rings. The average molecular weight is 274 g/mol. The SMILES string of the molecule is C[C@H]1C[C@]23C[C@H]1CCC2[C@]1(C)CCCC(C)(C)[C@H]1[C@@H]3C. The first kappa shape index (κ1) is 13.6. The Morgan fingerprint density at radius 2 is 1.65 bits per heavy atom. The largest absolute Gasteiger partial charge is 0.0622 e. The van der Waals surface area contributed by atoms with Crippen LogP contribution in [0.15, 0.2) is 0 Å². The van der Waals surface area contributed by atoms with Gasteiger partial charge in [0.1, 0.15) is 0 Å². The summed E-state index contributed by atoms with van der Waals surface area (Å²) >= 11 is 0. The van der Waals surface area contributed by atoms with E-state index in [0.717, 1.165) is 35.0 Å². The molecule has 0 amide bonds. The van der Waals surface area contributed by atoms with Crippen LogP contribution in [0.5, 0.6) is 0 Å².